The molecule has 9 heteroatoms. The third-order valence-electron chi connectivity index (χ3n) is 4.27. The minimum absolute atomic E-state index is 0.0151. The van der Waals surface area contributed by atoms with Crippen LogP contribution in [-0.4, -0.2) is 31.6 Å². The molecule has 0 bridgehead atoms. The predicted octanol–water partition coefficient (Wildman–Crippen LogP) is 3.64. The number of amides is 3. The second kappa shape index (κ2) is 7.79. The summed E-state index contributed by atoms with van der Waals surface area (Å²) in [5.74, 6) is 0.432. The number of hydrogen-bond acceptors (Lipinski definition) is 3. The van der Waals surface area contributed by atoms with Crippen LogP contribution in [0.2, 0.25) is 0 Å². The van der Waals surface area contributed by atoms with Crippen LogP contribution in [0.5, 0.6) is 5.75 Å². The van der Waals surface area contributed by atoms with E-state index >= 15 is 0 Å². The minimum atomic E-state index is -4.50. The van der Waals surface area contributed by atoms with Gasteiger partial charge in [-0.05, 0) is 30.3 Å². The Morgan fingerprint density at radius 1 is 1.18 bits per heavy atom. The summed E-state index contributed by atoms with van der Waals surface area (Å²) in [6.45, 7) is 0.252. The van der Waals surface area contributed by atoms with Crippen molar-refractivity contribution in [2.45, 2.75) is 18.6 Å². The van der Waals surface area contributed by atoms with E-state index in [2.05, 4.69) is 10.6 Å². The van der Waals surface area contributed by atoms with Crippen LogP contribution in [0.3, 0.4) is 0 Å². The number of halogens is 3. The highest BCUT2D eigenvalue weighted by atomic mass is 19.4. The van der Waals surface area contributed by atoms with Gasteiger partial charge in [-0.25, -0.2) is 4.79 Å². The van der Waals surface area contributed by atoms with Gasteiger partial charge < -0.3 is 20.3 Å². The van der Waals surface area contributed by atoms with E-state index < -0.39 is 23.8 Å². The van der Waals surface area contributed by atoms with Gasteiger partial charge in [0.1, 0.15) is 5.75 Å². The normalized spacial score (nSPS) is 16.8. The summed E-state index contributed by atoms with van der Waals surface area (Å²) < 4.78 is 43.4. The second-order valence-corrected chi connectivity index (χ2v) is 6.28. The van der Waals surface area contributed by atoms with E-state index in [0.29, 0.717) is 11.4 Å². The number of methoxy groups -OCH3 is 1. The molecule has 2 aromatic rings. The molecule has 1 aliphatic rings. The lowest BCUT2D eigenvalue weighted by Gasteiger charge is -2.18. The first-order valence-corrected chi connectivity index (χ1v) is 8.45. The molecule has 0 radical (unpaired) electrons. The standard InChI is InChI=1S/C19H18F3N3O3/c1-28-16-7-3-6-15(10-16)25-11-14(9-17(25)26)24-18(27)23-13-5-2-4-12(8-13)19(20,21)22/h2-8,10,14H,9,11H2,1H3,(H2,23,24,27). The van der Waals surface area contributed by atoms with E-state index in [1.54, 1.807) is 24.3 Å². The Bertz CT molecular complexity index is 886. The van der Waals surface area contributed by atoms with Crippen molar-refractivity contribution in [1.82, 2.24) is 5.32 Å². The average Bonchev–Trinajstić information content (AvgIpc) is 3.01. The number of urea groups is 1. The largest absolute Gasteiger partial charge is 0.497 e. The molecule has 1 saturated heterocycles. The topological polar surface area (TPSA) is 70.7 Å². The highest BCUT2D eigenvalue weighted by Crippen LogP contribution is 2.30. The molecule has 148 valence electrons. The van der Waals surface area contributed by atoms with Crippen molar-refractivity contribution in [3.05, 3.63) is 54.1 Å². The first-order valence-electron chi connectivity index (χ1n) is 8.45. The number of nitrogens with one attached hydrogen (secondary N) is 2. The fourth-order valence-electron chi connectivity index (χ4n) is 2.96. The number of carbonyl (C=O) groups excluding carboxylic acids is 2. The van der Waals surface area contributed by atoms with Crippen LogP contribution in [0.15, 0.2) is 48.5 Å². The van der Waals surface area contributed by atoms with Gasteiger partial charge in [0, 0.05) is 30.4 Å². The number of nitrogens with zero attached hydrogens (tertiary/aromatic N) is 1. The molecular weight excluding hydrogens is 375 g/mol. The molecule has 2 N–H and O–H groups in total. The third-order valence-corrected chi connectivity index (χ3v) is 4.27. The summed E-state index contributed by atoms with van der Waals surface area (Å²) >= 11 is 0. The molecule has 0 aliphatic carbocycles. The number of rotatable bonds is 4. The molecule has 1 atom stereocenters. The molecule has 2 aromatic carbocycles. The fraction of sp³-hybridized carbons (Fsp3) is 0.263. The minimum Gasteiger partial charge on any atom is -0.497 e. The predicted molar refractivity (Wildman–Crippen MR) is 97.4 cm³/mol. The number of hydrogen-bond donors (Lipinski definition) is 2. The number of ether oxygens (including phenoxy) is 1. The number of anilines is 2. The molecule has 6 nitrogen and oxygen atoms in total. The Kier molecular flexibility index (Phi) is 5.43. The van der Waals surface area contributed by atoms with E-state index in [1.165, 1.54) is 24.1 Å². The van der Waals surface area contributed by atoms with Crippen molar-refractivity contribution in [1.29, 1.82) is 0 Å². The van der Waals surface area contributed by atoms with Crippen LogP contribution in [0.1, 0.15) is 12.0 Å². The van der Waals surface area contributed by atoms with Crippen LogP contribution in [-0.2, 0) is 11.0 Å². The van der Waals surface area contributed by atoms with E-state index in [1.807, 2.05) is 0 Å². The Morgan fingerprint density at radius 2 is 1.93 bits per heavy atom. The van der Waals surface area contributed by atoms with Crippen molar-refractivity contribution >= 4 is 23.3 Å². The number of carbonyl (C=O) groups is 2. The van der Waals surface area contributed by atoms with E-state index in [0.717, 1.165) is 12.1 Å². The van der Waals surface area contributed by atoms with Gasteiger partial charge in [0.15, 0.2) is 0 Å². The summed E-state index contributed by atoms with van der Waals surface area (Å²) in [7, 11) is 1.52. The van der Waals surface area contributed by atoms with Crippen LogP contribution < -0.4 is 20.3 Å². The summed E-state index contributed by atoms with van der Waals surface area (Å²) in [5, 5.41) is 4.99. The Balaban J connectivity index is 1.62. The molecule has 1 fully saturated rings. The van der Waals surface area contributed by atoms with E-state index in [4.69, 9.17) is 4.74 Å². The van der Waals surface area contributed by atoms with Crippen LogP contribution in [0.4, 0.5) is 29.3 Å². The Labute approximate surface area is 159 Å². The van der Waals surface area contributed by atoms with Gasteiger partial charge in [0.25, 0.3) is 0 Å². The van der Waals surface area contributed by atoms with Gasteiger partial charge in [0.05, 0.1) is 18.7 Å². The lowest BCUT2D eigenvalue weighted by Crippen LogP contribution is -2.39. The Hall–Kier alpha value is -3.23. The van der Waals surface area contributed by atoms with E-state index in [9.17, 15) is 22.8 Å². The third kappa shape index (κ3) is 4.54. The van der Waals surface area contributed by atoms with E-state index in [-0.39, 0.29) is 24.6 Å². The summed E-state index contributed by atoms with van der Waals surface area (Å²) in [6.07, 6.45) is -4.41. The van der Waals surface area contributed by atoms with Crippen LogP contribution in [0.25, 0.3) is 0 Å². The summed E-state index contributed by atoms with van der Waals surface area (Å²) in [4.78, 5) is 25.9. The SMILES string of the molecule is COc1cccc(N2CC(NC(=O)Nc3cccc(C(F)(F)F)c3)CC2=O)c1. The molecule has 1 aliphatic heterocycles. The molecular formula is C19H18F3N3O3. The van der Waals surface area contributed by atoms with Crippen molar-refractivity contribution < 1.29 is 27.5 Å². The lowest BCUT2D eigenvalue weighted by atomic mass is 10.2. The molecule has 3 amide bonds. The zero-order valence-electron chi connectivity index (χ0n) is 14.9. The molecule has 1 unspecified atom stereocenters. The maximum absolute atomic E-state index is 12.8. The summed E-state index contributed by atoms with van der Waals surface area (Å²) in [6, 6.07) is 10.2. The summed E-state index contributed by atoms with van der Waals surface area (Å²) in [5.41, 5.74) is -0.196. The zero-order valence-corrected chi connectivity index (χ0v) is 14.9. The maximum atomic E-state index is 12.8. The molecule has 0 aromatic heterocycles. The fourth-order valence-corrected chi connectivity index (χ4v) is 2.96. The van der Waals surface area contributed by atoms with Crippen LogP contribution >= 0.6 is 0 Å². The van der Waals surface area contributed by atoms with Gasteiger partial charge in [-0.3, -0.25) is 4.79 Å². The van der Waals surface area contributed by atoms with Crippen molar-refractivity contribution in [2.75, 3.05) is 23.9 Å². The van der Waals surface area contributed by atoms with Crippen molar-refractivity contribution in [3.8, 4) is 5.75 Å². The monoisotopic (exact) mass is 393 g/mol. The number of alkyl halides is 3. The smallest absolute Gasteiger partial charge is 0.416 e. The average molecular weight is 393 g/mol. The Morgan fingerprint density at radius 3 is 2.64 bits per heavy atom. The lowest BCUT2D eigenvalue weighted by molar-refractivity contribution is -0.137. The molecule has 28 heavy (non-hydrogen) atoms. The second-order valence-electron chi connectivity index (χ2n) is 6.28. The quantitative estimate of drug-likeness (QED) is 0.833. The molecule has 3 rings (SSSR count). The molecule has 0 spiro atoms. The van der Waals surface area contributed by atoms with Crippen molar-refractivity contribution in [3.63, 3.8) is 0 Å². The molecule has 1 heterocycles. The number of benzene rings is 2. The first-order chi connectivity index (χ1) is 13.3. The maximum Gasteiger partial charge on any atom is 0.416 e. The highest BCUT2D eigenvalue weighted by Gasteiger charge is 2.32. The van der Waals surface area contributed by atoms with Crippen LogP contribution in [0, 0.1) is 0 Å². The van der Waals surface area contributed by atoms with Gasteiger partial charge in [0.2, 0.25) is 5.91 Å². The van der Waals surface area contributed by atoms with Crippen molar-refractivity contribution in [2.24, 2.45) is 0 Å². The van der Waals surface area contributed by atoms with Gasteiger partial charge in [-0.1, -0.05) is 12.1 Å². The van der Waals surface area contributed by atoms with Gasteiger partial charge >= 0.3 is 12.2 Å². The molecule has 0 saturated carbocycles. The zero-order chi connectivity index (χ0) is 20.3. The van der Waals surface area contributed by atoms with Gasteiger partial charge in [-0.15, -0.1) is 0 Å². The van der Waals surface area contributed by atoms with Gasteiger partial charge in [-0.2, -0.15) is 13.2 Å². The first kappa shape index (κ1) is 19.5. The highest BCUT2D eigenvalue weighted by molar-refractivity contribution is 5.97.